The second kappa shape index (κ2) is 4.56. The second-order valence-electron chi connectivity index (χ2n) is 4.49. The van der Waals surface area contributed by atoms with Crippen LogP contribution >= 0.6 is 0 Å². The molecule has 0 aliphatic heterocycles. The van der Waals surface area contributed by atoms with E-state index in [0.29, 0.717) is 0 Å². The normalized spacial score (nSPS) is 11.4. The Kier molecular flexibility index (Phi) is 3.10. The quantitative estimate of drug-likeness (QED) is 0.873. The van der Waals surface area contributed by atoms with Gasteiger partial charge >= 0.3 is 5.97 Å². The summed E-state index contributed by atoms with van der Waals surface area (Å²) in [6.45, 7) is 3.91. The SMILES string of the molecule is CC(C)(c1ccccc1)n1nnc(CC(=O)O)n1. The van der Waals surface area contributed by atoms with E-state index in [1.165, 1.54) is 4.80 Å². The largest absolute Gasteiger partial charge is 0.481 e. The minimum atomic E-state index is -0.966. The van der Waals surface area contributed by atoms with Crippen LogP contribution < -0.4 is 0 Å². The van der Waals surface area contributed by atoms with Gasteiger partial charge in [0.25, 0.3) is 0 Å². The maximum Gasteiger partial charge on any atom is 0.311 e. The summed E-state index contributed by atoms with van der Waals surface area (Å²) in [4.78, 5) is 12.0. The third-order valence-electron chi connectivity index (χ3n) is 2.74. The van der Waals surface area contributed by atoms with Crippen molar-refractivity contribution >= 4 is 5.97 Å². The molecule has 2 aromatic rings. The summed E-state index contributed by atoms with van der Waals surface area (Å²) in [5, 5.41) is 20.5. The molecule has 0 spiro atoms. The molecule has 6 nitrogen and oxygen atoms in total. The summed E-state index contributed by atoms with van der Waals surface area (Å²) in [6, 6.07) is 9.75. The van der Waals surface area contributed by atoms with Crippen LogP contribution in [0.25, 0.3) is 0 Å². The highest BCUT2D eigenvalue weighted by Gasteiger charge is 2.26. The summed E-state index contributed by atoms with van der Waals surface area (Å²) < 4.78 is 0. The number of rotatable bonds is 4. The first-order valence-electron chi connectivity index (χ1n) is 5.57. The number of carboxylic acids is 1. The van der Waals surface area contributed by atoms with E-state index in [-0.39, 0.29) is 12.2 Å². The molecule has 6 heteroatoms. The number of aliphatic carboxylic acids is 1. The Morgan fingerprint density at radius 3 is 2.61 bits per heavy atom. The molecule has 0 aliphatic rings. The van der Waals surface area contributed by atoms with E-state index in [0.717, 1.165) is 5.56 Å². The van der Waals surface area contributed by atoms with Gasteiger partial charge in [-0.2, -0.15) is 4.80 Å². The minimum absolute atomic E-state index is 0.214. The Morgan fingerprint density at radius 1 is 1.33 bits per heavy atom. The highest BCUT2D eigenvalue weighted by Crippen LogP contribution is 2.22. The molecule has 1 aromatic heterocycles. The molecule has 0 fully saturated rings. The maximum atomic E-state index is 10.6. The molecule has 0 bridgehead atoms. The second-order valence-corrected chi connectivity index (χ2v) is 4.49. The van der Waals surface area contributed by atoms with Crippen LogP contribution in [-0.2, 0) is 16.8 Å². The lowest BCUT2D eigenvalue weighted by Gasteiger charge is -2.23. The summed E-state index contributed by atoms with van der Waals surface area (Å²) in [6.07, 6.45) is -0.217. The van der Waals surface area contributed by atoms with Crippen molar-refractivity contribution in [3.63, 3.8) is 0 Å². The molecule has 2 rings (SSSR count). The summed E-state index contributed by atoms with van der Waals surface area (Å²) in [7, 11) is 0. The molecule has 0 saturated heterocycles. The lowest BCUT2D eigenvalue weighted by atomic mass is 9.95. The zero-order valence-corrected chi connectivity index (χ0v) is 10.2. The van der Waals surface area contributed by atoms with E-state index in [4.69, 9.17) is 5.11 Å². The molecule has 0 atom stereocenters. The van der Waals surface area contributed by atoms with Crippen molar-refractivity contribution in [2.24, 2.45) is 0 Å². The van der Waals surface area contributed by atoms with Crippen LogP contribution in [0.4, 0.5) is 0 Å². The van der Waals surface area contributed by atoms with Gasteiger partial charge in [0.2, 0.25) is 0 Å². The summed E-state index contributed by atoms with van der Waals surface area (Å²) in [5.74, 6) is -0.751. The Labute approximate surface area is 104 Å². The van der Waals surface area contributed by atoms with Gasteiger partial charge in [0, 0.05) is 0 Å². The van der Waals surface area contributed by atoms with E-state index in [1.54, 1.807) is 0 Å². The molecule has 1 heterocycles. The molecular weight excluding hydrogens is 232 g/mol. The molecule has 0 unspecified atom stereocenters. The Morgan fingerprint density at radius 2 is 2.00 bits per heavy atom. The third kappa shape index (κ3) is 2.37. The van der Waals surface area contributed by atoms with Gasteiger partial charge in [-0.1, -0.05) is 30.3 Å². The Bertz CT molecular complexity index is 548. The number of benzene rings is 1. The maximum absolute atomic E-state index is 10.6. The molecule has 1 N–H and O–H groups in total. The fourth-order valence-corrected chi connectivity index (χ4v) is 1.65. The number of hydrogen-bond donors (Lipinski definition) is 1. The number of carboxylic acid groups (broad SMARTS) is 1. The van der Waals surface area contributed by atoms with E-state index in [2.05, 4.69) is 15.4 Å². The van der Waals surface area contributed by atoms with Crippen molar-refractivity contribution in [2.45, 2.75) is 25.8 Å². The van der Waals surface area contributed by atoms with E-state index < -0.39 is 11.5 Å². The zero-order valence-electron chi connectivity index (χ0n) is 10.2. The van der Waals surface area contributed by atoms with Crippen LogP contribution in [0.5, 0.6) is 0 Å². The molecule has 0 saturated carbocycles. The van der Waals surface area contributed by atoms with Crippen molar-refractivity contribution in [2.75, 3.05) is 0 Å². The number of tetrazole rings is 1. The smallest absolute Gasteiger partial charge is 0.311 e. The molecule has 0 aliphatic carbocycles. The van der Waals surface area contributed by atoms with Gasteiger partial charge in [0.05, 0.1) is 0 Å². The van der Waals surface area contributed by atoms with Crippen LogP contribution in [0.15, 0.2) is 30.3 Å². The van der Waals surface area contributed by atoms with Crippen LogP contribution in [0.3, 0.4) is 0 Å². The predicted octanol–water partition coefficient (Wildman–Crippen LogP) is 1.08. The molecule has 18 heavy (non-hydrogen) atoms. The van der Waals surface area contributed by atoms with Crippen LogP contribution in [-0.4, -0.2) is 31.3 Å². The molecule has 1 aromatic carbocycles. The van der Waals surface area contributed by atoms with E-state index in [1.807, 2.05) is 44.2 Å². The average molecular weight is 246 g/mol. The van der Waals surface area contributed by atoms with Crippen LogP contribution in [0, 0.1) is 0 Å². The molecule has 0 amide bonds. The highest BCUT2D eigenvalue weighted by atomic mass is 16.4. The van der Waals surface area contributed by atoms with E-state index in [9.17, 15) is 4.79 Å². The van der Waals surface area contributed by atoms with Crippen molar-refractivity contribution in [3.8, 4) is 0 Å². The summed E-state index contributed by atoms with van der Waals surface area (Å²) >= 11 is 0. The van der Waals surface area contributed by atoms with Gasteiger partial charge < -0.3 is 5.11 Å². The van der Waals surface area contributed by atoms with Crippen molar-refractivity contribution < 1.29 is 9.90 Å². The number of hydrogen-bond acceptors (Lipinski definition) is 4. The molecule has 0 radical (unpaired) electrons. The molecule has 94 valence electrons. The standard InChI is InChI=1S/C12H14N4O2/c1-12(2,9-6-4-3-5-7-9)16-14-10(13-15-16)8-11(17)18/h3-7H,8H2,1-2H3,(H,17,18). The van der Waals surface area contributed by atoms with Crippen molar-refractivity contribution in [1.29, 1.82) is 0 Å². The highest BCUT2D eigenvalue weighted by molar-refractivity contribution is 5.68. The van der Waals surface area contributed by atoms with Gasteiger partial charge in [0.1, 0.15) is 12.0 Å². The monoisotopic (exact) mass is 246 g/mol. The fourth-order valence-electron chi connectivity index (χ4n) is 1.65. The van der Waals surface area contributed by atoms with Crippen LogP contribution in [0.2, 0.25) is 0 Å². The zero-order chi connectivity index (χ0) is 13.2. The van der Waals surface area contributed by atoms with Gasteiger partial charge in [-0.05, 0) is 24.6 Å². The van der Waals surface area contributed by atoms with Crippen LogP contribution in [0.1, 0.15) is 25.2 Å². The van der Waals surface area contributed by atoms with Gasteiger partial charge in [-0.3, -0.25) is 4.79 Å². The van der Waals surface area contributed by atoms with Crippen molar-refractivity contribution in [1.82, 2.24) is 20.2 Å². The van der Waals surface area contributed by atoms with Crippen molar-refractivity contribution in [3.05, 3.63) is 41.7 Å². The molecular formula is C12H14N4O2. The fraction of sp³-hybridized carbons (Fsp3) is 0.333. The first-order chi connectivity index (χ1) is 8.50. The lowest BCUT2D eigenvalue weighted by molar-refractivity contribution is -0.136. The predicted molar refractivity (Wildman–Crippen MR) is 64.0 cm³/mol. The average Bonchev–Trinajstić information content (AvgIpc) is 2.78. The number of nitrogens with zero attached hydrogens (tertiary/aromatic N) is 4. The minimum Gasteiger partial charge on any atom is -0.481 e. The lowest BCUT2D eigenvalue weighted by Crippen LogP contribution is -2.30. The Balaban J connectivity index is 2.30. The number of carbonyl (C=O) groups is 1. The first-order valence-corrected chi connectivity index (χ1v) is 5.57. The van der Waals surface area contributed by atoms with Gasteiger partial charge in [-0.25, -0.2) is 0 Å². The van der Waals surface area contributed by atoms with E-state index >= 15 is 0 Å². The topological polar surface area (TPSA) is 80.9 Å². The van der Waals surface area contributed by atoms with Gasteiger partial charge in [-0.15, -0.1) is 10.2 Å². The Hall–Kier alpha value is -2.24. The van der Waals surface area contributed by atoms with Gasteiger partial charge in [0.15, 0.2) is 5.82 Å². The third-order valence-corrected chi connectivity index (χ3v) is 2.74. The number of aromatic nitrogens is 4. The first kappa shape index (κ1) is 12.2. The summed E-state index contributed by atoms with van der Waals surface area (Å²) in [5.41, 5.74) is 0.564.